The molecule has 2 N–H and O–H groups in total. The zero-order valence-electron chi connectivity index (χ0n) is 14.5. The first-order valence-electron chi connectivity index (χ1n) is 8.96. The fraction of sp³-hybridized carbons (Fsp3) is 0.647. The number of aliphatic hydroxyl groups excluding tert-OH is 1. The molecule has 0 aromatic carbocycles. The Morgan fingerprint density at radius 3 is 2.96 bits per heavy atom. The van der Waals surface area contributed by atoms with Gasteiger partial charge in [-0.15, -0.1) is 0 Å². The van der Waals surface area contributed by atoms with Gasteiger partial charge in [0.15, 0.2) is 17.0 Å². The number of rotatable bonds is 8. The molecular formula is C17H25N5O3. The number of aliphatic hydroxyl groups is 1. The SMILES string of the molecule is CCCCCCC(=O)Nc1ncnc2c1ncn2[C@H]1CC[C@@H](CO)O1. The topological polar surface area (TPSA) is 102 Å². The zero-order chi connectivity index (χ0) is 17.6. The summed E-state index contributed by atoms with van der Waals surface area (Å²) in [6.45, 7) is 2.16. The number of nitrogens with zero attached hydrogens (tertiary/aromatic N) is 4. The van der Waals surface area contributed by atoms with Crippen LogP contribution in [0.15, 0.2) is 12.7 Å². The molecule has 1 aliphatic rings. The van der Waals surface area contributed by atoms with E-state index in [1.807, 2.05) is 4.57 Å². The molecular weight excluding hydrogens is 322 g/mol. The smallest absolute Gasteiger partial charge is 0.225 e. The van der Waals surface area contributed by atoms with E-state index in [4.69, 9.17) is 4.74 Å². The van der Waals surface area contributed by atoms with E-state index in [0.29, 0.717) is 23.4 Å². The van der Waals surface area contributed by atoms with E-state index in [9.17, 15) is 9.90 Å². The average molecular weight is 347 g/mol. The molecule has 8 nitrogen and oxygen atoms in total. The summed E-state index contributed by atoms with van der Waals surface area (Å²) in [6.07, 6.45) is 9.03. The number of carbonyl (C=O) groups is 1. The van der Waals surface area contributed by atoms with Gasteiger partial charge >= 0.3 is 0 Å². The second-order valence-electron chi connectivity index (χ2n) is 6.38. The van der Waals surface area contributed by atoms with Crippen molar-refractivity contribution < 1.29 is 14.6 Å². The lowest BCUT2D eigenvalue weighted by Gasteiger charge is -2.13. The van der Waals surface area contributed by atoms with Gasteiger partial charge in [-0.3, -0.25) is 9.36 Å². The normalized spacial score (nSPS) is 20.2. The van der Waals surface area contributed by atoms with Crippen molar-refractivity contribution in [3.8, 4) is 0 Å². The third-order valence-corrected chi connectivity index (χ3v) is 4.47. The number of imidazole rings is 1. The number of hydrogen-bond acceptors (Lipinski definition) is 6. The summed E-state index contributed by atoms with van der Waals surface area (Å²) in [6, 6.07) is 0. The molecule has 3 heterocycles. The van der Waals surface area contributed by atoms with Crippen LogP contribution in [0.2, 0.25) is 0 Å². The van der Waals surface area contributed by atoms with Gasteiger partial charge in [-0.2, -0.15) is 0 Å². The van der Waals surface area contributed by atoms with Crippen LogP contribution < -0.4 is 5.32 Å². The van der Waals surface area contributed by atoms with E-state index >= 15 is 0 Å². The summed E-state index contributed by atoms with van der Waals surface area (Å²) in [5.41, 5.74) is 1.18. The average Bonchev–Trinajstić information content (AvgIpc) is 3.25. The van der Waals surface area contributed by atoms with Crippen LogP contribution >= 0.6 is 0 Å². The van der Waals surface area contributed by atoms with Crippen LogP contribution in [0.5, 0.6) is 0 Å². The standard InChI is InChI=1S/C17H25N5O3/c1-2-3-4-5-6-13(24)21-16-15-17(19-10-18-16)22(11-20-15)14-8-7-12(9-23)25-14/h10-12,14,23H,2-9H2,1H3,(H,18,19,21,24)/t12-,14+/m0/s1. The molecule has 3 rings (SSSR count). The maximum atomic E-state index is 12.1. The summed E-state index contributed by atoms with van der Waals surface area (Å²) in [5, 5.41) is 12.1. The summed E-state index contributed by atoms with van der Waals surface area (Å²) >= 11 is 0. The number of anilines is 1. The van der Waals surface area contributed by atoms with Crippen LogP contribution in [0.25, 0.3) is 11.2 Å². The predicted molar refractivity (Wildman–Crippen MR) is 92.9 cm³/mol. The van der Waals surface area contributed by atoms with Crippen molar-refractivity contribution in [3.05, 3.63) is 12.7 Å². The van der Waals surface area contributed by atoms with E-state index < -0.39 is 0 Å². The first-order valence-corrected chi connectivity index (χ1v) is 8.96. The number of nitrogens with one attached hydrogen (secondary N) is 1. The summed E-state index contributed by atoms with van der Waals surface area (Å²) in [4.78, 5) is 24.9. The van der Waals surface area contributed by atoms with Crippen molar-refractivity contribution in [1.82, 2.24) is 19.5 Å². The lowest BCUT2D eigenvalue weighted by atomic mass is 10.1. The predicted octanol–water partition coefficient (Wildman–Crippen LogP) is 2.41. The number of amides is 1. The highest BCUT2D eigenvalue weighted by Crippen LogP contribution is 2.31. The molecule has 0 unspecified atom stereocenters. The van der Waals surface area contributed by atoms with E-state index in [1.54, 1.807) is 6.33 Å². The van der Waals surface area contributed by atoms with Gasteiger partial charge in [0.25, 0.3) is 0 Å². The minimum absolute atomic E-state index is 0.0114. The first-order chi connectivity index (χ1) is 12.2. The Morgan fingerprint density at radius 2 is 2.20 bits per heavy atom. The van der Waals surface area contributed by atoms with E-state index in [-0.39, 0.29) is 24.8 Å². The van der Waals surface area contributed by atoms with E-state index in [2.05, 4.69) is 27.2 Å². The lowest BCUT2D eigenvalue weighted by molar-refractivity contribution is -0.116. The Hall–Kier alpha value is -2.06. The van der Waals surface area contributed by atoms with Crippen LogP contribution in [-0.4, -0.2) is 43.2 Å². The van der Waals surface area contributed by atoms with Crippen LogP contribution in [0, 0.1) is 0 Å². The van der Waals surface area contributed by atoms with Crippen molar-refractivity contribution in [3.63, 3.8) is 0 Å². The number of unbranched alkanes of at least 4 members (excludes halogenated alkanes) is 3. The molecule has 2 aromatic rings. The lowest BCUT2D eigenvalue weighted by Crippen LogP contribution is -2.15. The van der Waals surface area contributed by atoms with Gasteiger partial charge in [-0.1, -0.05) is 26.2 Å². The Kier molecular flexibility index (Phi) is 5.93. The van der Waals surface area contributed by atoms with Crippen LogP contribution in [0.4, 0.5) is 5.82 Å². The molecule has 1 saturated heterocycles. The monoisotopic (exact) mass is 347 g/mol. The number of fused-ring (bicyclic) bond motifs is 1. The van der Waals surface area contributed by atoms with Crippen LogP contribution in [-0.2, 0) is 9.53 Å². The fourth-order valence-electron chi connectivity index (χ4n) is 3.09. The largest absolute Gasteiger partial charge is 0.394 e. The van der Waals surface area contributed by atoms with Crippen molar-refractivity contribution in [2.75, 3.05) is 11.9 Å². The zero-order valence-corrected chi connectivity index (χ0v) is 14.5. The number of carbonyl (C=O) groups excluding carboxylic acids is 1. The molecule has 0 radical (unpaired) electrons. The minimum Gasteiger partial charge on any atom is -0.394 e. The fourth-order valence-corrected chi connectivity index (χ4v) is 3.09. The molecule has 0 saturated carbocycles. The maximum Gasteiger partial charge on any atom is 0.225 e. The van der Waals surface area contributed by atoms with Gasteiger partial charge in [-0.25, -0.2) is 15.0 Å². The summed E-state index contributed by atoms with van der Waals surface area (Å²) < 4.78 is 7.62. The highest BCUT2D eigenvalue weighted by Gasteiger charge is 2.27. The van der Waals surface area contributed by atoms with Crippen molar-refractivity contribution in [2.45, 2.75) is 64.2 Å². The highest BCUT2D eigenvalue weighted by atomic mass is 16.5. The van der Waals surface area contributed by atoms with Gasteiger partial charge in [0, 0.05) is 6.42 Å². The summed E-state index contributed by atoms with van der Waals surface area (Å²) in [5.74, 6) is 0.379. The maximum absolute atomic E-state index is 12.1. The van der Waals surface area contributed by atoms with Gasteiger partial charge < -0.3 is 15.2 Å². The molecule has 1 aliphatic heterocycles. The second kappa shape index (κ2) is 8.35. The Labute approximate surface area is 146 Å². The van der Waals surface area contributed by atoms with Crippen LogP contribution in [0.3, 0.4) is 0 Å². The van der Waals surface area contributed by atoms with Gasteiger partial charge in [0.1, 0.15) is 12.6 Å². The Morgan fingerprint density at radius 1 is 1.32 bits per heavy atom. The van der Waals surface area contributed by atoms with Crippen molar-refractivity contribution >= 4 is 22.9 Å². The van der Waals surface area contributed by atoms with Gasteiger partial charge in [0.2, 0.25) is 5.91 Å². The molecule has 1 fully saturated rings. The molecule has 2 atom stereocenters. The van der Waals surface area contributed by atoms with Crippen molar-refractivity contribution in [1.29, 1.82) is 0 Å². The molecule has 0 spiro atoms. The molecule has 136 valence electrons. The second-order valence-corrected chi connectivity index (χ2v) is 6.38. The van der Waals surface area contributed by atoms with Crippen molar-refractivity contribution in [2.24, 2.45) is 0 Å². The molecule has 8 heteroatoms. The number of hydrogen-bond donors (Lipinski definition) is 2. The number of aromatic nitrogens is 4. The van der Waals surface area contributed by atoms with E-state index in [1.165, 1.54) is 6.33 Å². The molecule has 1 amide bonds. The van der Waals surface area contributed by atoms with Gasteiger partial charge in [-0.05, 0) is 19.3 Å². The highest BCUT2D eigenvalue weighted by molar-refractivity contribution is 5.96. The molecule has 0 bridgehead atoms. The summed E-state index contributed by atoms with van der Waals surface area (Å²) in [7, 11) is 0. The van der Waals surface area contributed by atoms with Crippen LogP contribution in [0.1, 0.15) is 58.1 Å². The minimum atomic E-state index is -0.199. The van der Waals surface area contributed by atoms with E-state index in [0.717, 1.165) is 38.5 Å². The molecule has 2 aromatic heterocycles. The Balaban J connectivity index is 1.70. The third-order valence-electron chi connectivity index (χ3n) is 4.47. The third kappa shape index (κ3) is 4.13. The first kappa shape index (κ1) is 17.8. The van der Waals surface area contributed by atoms with Gasteiger partial charge in [0.05, 0.1) is 19.0 Å². The Bertz CT molecular complexity index is 717. The quantitative estimate of drug-likeness (QED) is 0.711. The molecule has 0 aliphatic carbocycles. The molecule has 25 heavy (non-hydrogen) atoms. The number of ether oxygens (including phenoxy) is 1.